The zero-order valence-corrected chi connectivity index (χ0v) is 7.96. The standard InChI is InChI=1S/C11H13N3/c12-11(13-9-5-1-2-6-9)14-10-7-3-4-8-10/h1-5,7H,6,8H2,(H3,12,13,14)/p+1. The second kappa shape index (κ2) is 3.96. The molecule has 0 saturated carbocycles. The summed E-state index contributed by atoms with van der Waals surface area (Å²) in [5, 5.41) is 3.12. The van der Waals surface area contributed by atoms with E-state index >= 15 is 0 Å². The molecule has 2 aliphatic carbocycles. The largest absolute Gasteiger partial charge is 0.350 e. The molecule has 0 saturated heterocycles. The van der Waals surface area contributed by atoms with Gasteiger partial charge in [-0.3, -0.25) is 5.73 Å². The number of rotatable bonds is 2. The quantitative estimate of drug-likeness (QED) is 0.410. The van der Waals surface area contributed by atoms with Gasteiger partial charge in [-0.2, -0.15) is 0 Å². The fourth-order valence-corrected chi connectivity index (χ4v) is 1.46. The van der Waals surface area contributed by atoms with E-state index in [2.05, 4.69) is 22.5 Å². The third-order valence-electron chi connectivity index (χ3n) is 2.13. The Kier molecular flexibility index (Phi) is 2.49. The first-order valence-corrected chi connectivity index (χ1v) is 4.72. The maximum absolute atomic E-state index is 5.79. The third kappa shape index (κ3) is 2.13. The van der Waals surface area contributed by atoms with Gasteiger partial charge in [-0.15, -0.1) is 0 Å². The fourth-order valence-electron chi connectivity index (χ4n) is 1.46. The van der Waals surface area contributed by atoms with E-state index in [9.17, 15) is 0 Å². The summed E-state index contributed by atoms with van der Waals surface area (Å²) in [6, 6.07) is 0. The van der Waals surface area contributed by atoms with Gasteiger partial charge in [0.2, 0.25) is 0 Å². The van der Waals surface area contributed by atoms with E-state index in [1.165, 1.54) is 0 Å². The topological polar surface area (TPSA) is 52.0 Å². The van der Waals surface area contributed by atoms with Crippen LogP contribution in [0.15, 0.2) is 47.9 Å². The van der Waals surface area contributed by atoms with Crippen molar-refractivity contribution in [1.29, 1.82) is 0 Å². The first-order chi connectivity index (χ1) is 6.84. The SMILES string of the molecule is NC(NC1=CC=CC1)=[NH+]C1=CC=CC1. The number of hydrogen-bond donors (Lipinski definition) is 3. The van der Waals surface area contributed by atoms with Gasteiger partial charge in [0.25, 0.3) is 0 Å². The minimum Gasteiger partial charge on any atom is -0.290 e. The minimum atomic E-state index is 0.593. The van der Waals surface area contributed by atoms with Gasteiger partial charge in [-0.25, -0.2) is 10.3 Å². The average Bonchev–Trinajstić information content (AvgIpc) is 2.76. The van der Waals surface area contributed by atoms with Crippen LogP contribution in [0.25, 0.3) is 0 Å². The van der Waals surface area contributed by atoms with Gasteiger partial charge in [0.1, 0.15) is 0 Å². The summed E-state index contributed by atoms with van der Waals surface area (Å²) in [4.78, 5) is 3.12. The van der Waals surface area contributed by atoms with E-state index in [-0.39, 0.29) is 0 Å². The molecule has 3 nitrogen and oxygen atoms in total. The van der Waals surface area contributed by atoms with Crippen molar-refractivity contribution >= 4 is 5.96 Å². The maximum Gasteiger partial charge on any atom is 0.350 e. The Hall–Kier alpha value is -1.77. The number of nitrogens with two attached hydrogens (primary N) is 1. The fraction of sp³-hybridized carbons (Fsp3) is 0.182. The summed E-state index contributed by atoms with van der Waals surface area (Å²) in [5.74, 6) is 0.593. The first kappa shape index (κ1) is 8.81. The second-order valence-electron chi connectivity index (χ2n) is 3.31. The Morgan fingerprint density at radius 1 is 1.21 bits per heavy atom. The molecule has 0 aromatic rings. The summed E-state index contributed by atoms with van der Waals surface area (Å²) in [6.45, 7) is 0. The van der Waals surface area contributed by atoms with Crippen LogP contribution in [-0.2, 0) is 0 Å². The molecule has 2 rings (SSSR count). The molecule has 0 aliphatic heterocycles. The molecule has 72 valence electrons. The van der Waals surface area contributed by atoms with Crippen molar-refractivity contribution in [3.63, 3.8) is 0 Å². The molecule has 14 heavy (non-hydrogen) atoms. The van der Waals surface area contributed by atoms with Gasteiger partial charge in [0.15, 0.2) is 0 Å². The highest BCUT2D eigenvalue weighted by Crippen LogP contribution is 2.05. The van der Waals surface area contributed by atoms with Crippen molar-refractivity contribution in [3.8, 4) is 0 Å². The van der Waals surface area contributed by atoms with Crippen LogP contribution in [-0.4, -0.2) is 5.96 Å². The zero-order chi connectivity index (χ0) is 9.80. The van der Waals surface area contributed by atoms with Crippen molar-refractivity contribution < 1.29 is 4.99 Å². The number of hydrogen-bond acceptors (Lipinski definition) is 0. The molecular formula is C11H14N3+. The third-order valence-corrected chi connectivity index (χ3v) is 2.13. The highest BCUT2D eigenvalue weighted by molar-refractivity contribution is 5.74. The predicted octanol–water partition coefficient (Wildman–Crippen LogP) is -0.341. The molecule has 0 amide bonds. The Morgan fingerprint density at radius 3 is 2.64 bits per heavy atom. The molecule has 4 N–H and O–H groups in total. The van der Waals surface area contributed by atoms with E-state index in [0.717, 1.165) is 24.2 Å². The van der Waals surface area contributed by atoms with Crippen molar-refractivity contribution in [3.05, 3.63) is 47.9 Å². The van der Waals surface area contributed by atoms with E-state index < -0.39 is 0 Å². The van der Waals surface area contributed by atoms with Gasteiger partial charge in [0.05, 0.1) is 11.4 Å². The lowest BCUT2D eigenvalue weighted by molar-refractivity contribution is -0.402. The molecule has 0 spiro atoms. The van der Waals surface area contributed by atoms with Gasteiger partial charge in [-0.1, -0.05) is 24.3 Å². The molecule has 2 aliphatic rings. The van der Waals surface area contributed by atoms with Crippen LogP contribution in [0.2, 0.25) is 0 Å². The molecule has 0 bridgehead atoms. The Labute approximate surface area is 83.4 Å². The lowest BCUT2D eigenvalue weighted by atomic mass is 10.4. The Balaban J connectivity index is 1.91. The van der Waals surface area contributed by atoms with Gasteiger partial charge in [-0.05, 0) is 12.2 Å². The van der Waals surface area contributed by atoms with Gasteiger partial charge >= 0.3 is 5.96 Å². The highest BCUT2D eigenvalue weighted by atomic mass is 15.1. The highest BCUT2D eigenvalue weighted by Gasteiger charge is 2.07. The molecule has 0 radical (unpaired) electrons. The summed E-state index contributed by atoms with van der Waals surface area (Å²) in [5.41, 5.74) is 8.04. The smallest absolute Gasteiger partial charge is 0.290 e. The molecule has 0 aromatic heterocycles. The van der Waals surface area contributed by atoms with Crippen molar-refractivity contribution in [2.24, 2.45) is 5.73 Å². The first-order valence-electron chi connectivity index (χ1n) is 4.72. The average molecular weight is 188 g/mol. The van der Waals surface area contributed by atoms with Crippen LogP contribution >= 0.6 is 0 Å². The number of allylic oxidation sites excluding steroid dienone is 6. The molecule has 0 atom stereocenters. The van der Waals surface area contributed by atoms with Crippen LogP contribution in [0.3, 0.4) is 0 Å². The number of nitrogens with one attached hydrogen (secondary N) is 2. The van der Waals surface area contributed by atoms with Crippen LogP contribution in [0, 0.1) is 0 Å². The summed E-state index contributed by atoms with van der Waals surface area (Å²) >= 11 is 0. The van der Waals surface area contributed by atoms with Crippen LogP contribution in [0.5, 0.6) is 0 Å². The van der Waals surface area contributed by atoms with Crippen molar-refractivity contribution in [2.75, 3.05) is 0 Å². The molecule has 0 unspecified atom stereocenters. The van der Waals surface area contributed by atoms with E-state index in [0.29, 0.717) is 5.96 Å². The molecule has 0 heterocycles. The maximum atomic E-state index is 5.79. The molecule has 0 aromatic carbocycles. The summed E-state index contributed by atoms with van der Waals surface area (Å²) in [7, 11) is 0. The number of guanidine groups is 1. The normalized spacial score (nSPS) is 19.9. The zero-order valence-electron chi connectivity index (χ0n) is 7.96. The van der Waals surface area contributed by atoms with E-state index in [1.54, 1.807) is 0 Å². The lowest BCUT2D eigenvalue weighted by Crippen LogP contribution is -2.76. The monoisotopic (exact) mass is 188 g/mol. The van der Waals surface area contributed by atoms with E-state index in [1.807, 2.05) is 24.3 Å². The summed E-state index contributed by atoms with van der Waals surface area (Å²) in [6.07, 6.45) is 14.1. The summed E-state index contributed by atoms with van der Waals surface area (Å²) < 4.78 is 0. The van der Waals surface area contributed by atoms with E-state index in [4.69, 9.17) is 5.73 Å². The Morgan fingerprint density at radius 2 is 2.00 bits per heavy atom. The van der Waals surface area contributed by atoms with Crippen LogP contribution in [0.1, 0.15) is 12.8 Å². The van der Waals surface area contributed by atoms with Gasteiger partial charge < -0.3 is 0 Å². The van der Waals surface area contributed by atoms with Crippen molar-refractivity contribution in [2.45, 2.75) is 12.8 Å². The van der Waals surface area contributed by atoms with Crippen LogP contribution in [0.4, 0.5) is 0 Å². The minimum absolute atomic E-state index is 0.593. The molecular weight excluding hydrogens is 174 g/mol. The second-order valence-corrected chi connectivity index (χ2v) is 3.31. The molecule has 0 fully saturated rings. The molecule has 3 heteroatoms. The van der Waals surface area contributed by atoms with Crippen molar-refractivity contribution in [1.82, 2.24) is 5.32 Å². The van der Waals surface area contributed by atoms with Gasteiger partial charge in [0, 0.05) is 12.8 Å². The Bertz CT molecular complexity index is 370. The van der Waals surface area contributed by atoms with Crippen LogP contribution < -0.4 is 16.0 Å². The lowest BCUT2D eigenvalue weighted by Gasteiger charge is -1.99. The predicted molar refractivity (Wildman–Crippen MR) is 57.0 cm³/mol.